The zero-order valence-electron chi connectivity index (χ0n) is 12.0. The van der Waals surface area contributed by atoms with Gasteiger partial charge in [0.2, 0.25) is 0 Å². The molecule has 2 rings (SSSR count). The van der Waals surface area contributed by atoms with Crippen LogP contribution in [0.25, 0.3) is 0 Å². The minimum atomic E-state index is 0.174. The predicted molar refractivity (Wildman–Crippen MR) is 82.2 cm³/mol. The fraction of sp³-hybridized carbons (Fsp3) is 0.667. The van der Waals surface area contributed by atoms with Gasteiger partial charge in [0, 0.05) is 31.6 Å². The molecule has 20 heavy (non-hydrogen) atoms. The van der Waals surface area contributed by atoms with Gasteiger partial charge in [-0.2, -0.15) is 11.3 Å². The van der Waals surface area contributed by atoms with E-state index in [1.807, 2.05) is 21.7 Å². The predicted octanol–water partition coefficient (Wildman–Crippen LogP) is 2.06. The lowest BCUT2D eigenvalue weighted by atomic mass is 10.2. The van der Waals surface area contributed by atoms with Gasteiger partial charge in [0.05, 0.1) is 5.56 Å². The highest BCUT2D eigenvalue weighted by Crippen LogP contribution is 2.12. The Labute approximate surface area is 125 Å². The van der Waals surface area contributed by atoms with E-state index in [0.29, 0.717) is 6.61 Å². The maximum absolute atomic E-state index is 12.3. The lowest BCUT2D eigenvalue weighted by molar-refractivity contribution is 0.0762. The number of hydrogen-bond acceptors (Lipinski definition) is 4. The van der Waals surface area contributed by atoms with Crippen LogP contribution in [0, 0.1) is 0 Å². The number of carbonyl (C=O) groups excluding carboxylic acids is 1. The van der Waals surface area contributed by atoms with Gasteiger partial charge < -0.3 is 14.9 Å². The summed E-state index contributed by atoms with van der Waals surface area (Å²) in [6.45, 7) is 5.11. The standard InChI is InChI=1S/C15H24N2O2S/c18-11-3-1-2-6-16-7-4-8-17(10-9-16)15(19)14-5-12-20-13-14/h5,12-13,18H,1-4,6-11H2. The molecule has 0 unspecified atom stereocenters. The molecule has 1 aliphatic rings. The fourth-order valence-corrected chi connectivity index (χ4v) is 3.22. The van der Waals surface area contributed by atoms with Crippen molar-refractivity contribution in [2.45, 2.75) is 25.7 Å². The molecule has 1 aromatic rings. The van der Waals surface area contributed by atoms with Crippen molar-refractivity contribution in [2.75, 3.05) is 39.3 Å². The molecule has 1 aliphatic heterocycles. The maximum Gasteiger partial charge on any atom is 0.254 e. The second kappa shape index (κ2) is 8.39. The summed E-state index contributed by atoms with van der Waals surface area (Å²) >= 11 is 1.58. The quantitative estimate of drug-likeness (QED) is 0.817. The smallest absolute Gasteiger partial charge is 0.254 e. The number of aliphatic hydroxyl groups is 1. The Morgan fingerprint density at radius 3 is 2.85 bits per heavy atom. The third-order valence-electron chi connectivity index (χ3n) is 3.78. The molecule has 0 spiro atoms. The highest BCUT2D eigenvalue weighted by molar-refractivity contribution is 7.08. The van der Waals surface area contributed by atoms with E-state index in [1.54, 1.807) is 11.3 Å². The van der Waals surface area contributed by atoms with Crippen molar-refractivity contribution in [1.82, 2.24) is 9.80 Å². The van der Waals surface area contributed by atoms with Crippen molar-refractivity contribution in [3.8, 4) is 0 Å². The molecular weight excluding hydrogens is 272 g/mol. The summed E-state index contributed by atoms with van der Waals surface area (Å²) in [4.78, 5) is 16.7. The summed E-state index contributed by atoms with van der Waals surface area (Å²) in [5, 5.41) is 12.7. The average molecular weight is 296 g/mol. The first-order valence-corrected chi connectivity index (χ1v) is 8.40. The lowest BCUT2D eigenvalue weighted by Gasteiger charge is -2.21. The van der Waals surface area contributed by atoms with Gasteiger partial charge in [-0.25, -0.2) is 0 Å². The molecule has 1 fully saturated rings. The van der Waals surface area contributed by atoms with E-state index in [9.17, 15) is 4.79 Å². The number of rotatable bonds is 6. The Hall–Kier alpha value is -0.910. The van der Waals surface area contributed by atoms with E-state index in [2.05, 4.69) is 4.90 Å². The molecule has 112 valence electrons. The van der Waals surface area contributed by atoms with E-state index < -0.39 is 0 Å². The van der Waals surface area contributed by atoms with E-state index in [4.69, 9.17) is 5.11 Å². The average Bonchev–Trinajstić information content (AvgIpc) is 2.89. The summed E-state index contributed by atoms with van der Waals surface area (Å²) < 4.78 is 0. The maximum atomic E-state index is 12.3. The van der Waals surface area contributed by atoms with Crippen LogP contribution in [0.2, 0.25) is 0 Å². The van der Waals surface area contributed by atoms with Gasteiger partial charge in [0.25, 0.3) is 5.91 Å². The molecule has 1 saturated heterocycles. The molecule has 1 N–H and O–H groups in total. The third-order valence-corrected chi connectivity index (χ3v) is 4.46. The van der Waals surface area contributed by atoms with Gasteiger partial charge in [-0.1, -0.05) is 0 Å². The highest BCUT2D eigenvalue weighted by Gasteiger charge is 2.20. The van der Waals surface area contributed by atoms with Crippen molar-refractivity contribution in [3.63, 3.8) is 0 Å². The zero-order chi connectivity index (χ0) is 14.2. The minimum Gasteiger partial charge on any atom is -0.396 e. The normalized spacial score (nSPS) is 17.1. The highest BCUT2D eigenvalue weighted by atomic mass is 32.1. The van der Waals surface area contributed by atoms with Crippen molar-refractivity contribution in [2.24, 2.45) is 0 Å². The molecule has 0 atom stereocenters. The summed E-state index contributed by atoms with van der Waals surface area (Å²) in [6, 6.07) is 1.91. The Bertz CT molecular complexity index is 395. The monoisotopic (exact) mass is 296 g/mol. The number of hydrogen-bond donors (Lipinski definition) is 1. The molecule has 1 aromatic heterocycles. The van der Waals surface area contributed by atoms with E-state index in [0.717, 1.165) is 64.0 Å². The van der Waals surface area contributed by atoms with Gasteiger partial charge in [0.15, 0.2) is 0 Å². The van der Waals surface area contributed by atoms with Crippen LogP contribution >= 0.6 is 11.3 Å². The van der Waals surface area contributed by atoms with Crippen molar-refractivity contribution in [3.05, 3.63) is 22.4 Å². The SMILES string of the molecule is O=C(c1ccsc1)N1CCCN(CCCCCO)CC1. The van der Waals surface area contributed by atoms with Crippen molar-refractivity contribution in [1.29, 1.82) is 0 Å². The van der Waals surface area contributed by atoms with Crippen LogP contribution in [0.3, 0.4) is 0 Å². The van der Waals surface area contributed by atoms with Gasteiger partial charge >= 0.3 is 0 Å². The van der Waals surface area contributed by atoms with E-state index in [1.165, 1.54) is 0 Å². The molecule has 0 aromatic carbocycles. The van der Waals surface area contributed by atoms with Crippen LogP contribution in [-0.4, -0.2) is 60.1 Å². The molecule has 1 amide bonds. The summed E-state index contributed by atoms with van der Waals surface area (Å²) in [5.74, 6) is 0.174. The van der Waals surface area contributed by atoms with E-state index in [-0.39, 0.29) is 5.91 Å². The summed E-state index contributed by atoms with van der Waals surface area (Å²) in [6.07, 6.45) is 4.18. The molecule has 2 heterocycles. The van der Waals surface area contributed by atoms with Gasteiger partial charge in [-0.3, -0.25) is 4.79 Å². The van der Waals surface area contributed by atoms with Gasteiger partial charge in [0.1, 0.15) is 0 Å². The van der Waals surface area contributed by atoms with Gasteiger partial charge in [-0.15, -0.1) is 0 Å². The molecular formula is C15H24N2O2S. The molecule has 0 aliphatic carbocycles. The first kappa shape index (κ1) is 15.5. The number of carbonyl (C=O) groups is 1. The molecule has 0 saturated carbocycles. The second-order valence-corrected chi connectivity index (χ2v) is 6.06. The summed E-state index contributed by atoms with van der Waals surface area (Å²) in [5.41, 5.74) is 0.825. The van der Waals surface area contributed by atoms with Crippen LogP contribution in [0.4, 0.5) is 0 Å². The second-order valence-electron chi connectivity index (χ2n) is 5.28. The molecule has 0 bridgehead atoms. The Kier molecular flexibility index (Phi) is 6.50. The summed E-state index contributed by atoms with van der Waals surface area (Å²) in [7, 11) is 0. The number of thiophene rings is 1. The van der Waals surface area contributed by atoms with Crippen molar-refractivity contribution < 1.29 is 9.90 Å². The minimum absolute atomic E-state index is 0.174. The number of aliphatic hydroxyl groups excluding tert-OH is 1. The Morgan fingerprint density at radius 1 is 1.20 bits per heavy atom. The number of nitrogens with zero attached hydrogens (tertiary/aromatic N) is 2. The van der Waals surface area contributed by atoms with Crippen LogP contribution in [-0.2, 0) is 0 Å². The van der Waals surface area contributed by atoms with Crippen molar-refractivity contribution >= 4 is 17.2 Å². The van der Waals surface area contributed by atoms with E-state index >= 15 is 0 Å². The molecule has 4 nitrogen and oxygen atoms in total. The van der Waals surface area contributed by atoms with Gasteiger partial charge in [-0.05, 0) is 50.2 Å². The first-order chi connectivity index (χ1) is 9.81. The molecule has 5 heteroatoms. The Morgan fingerprint density at radius 2 is 2.10 bits per heavy atom. The first-order valence-electron chi connectivity index (χ1n) is 7.46. The van der Waals surface area contributed by atoms with Crippen LogP contribution in [0.1, 0.15) is 36.0 Å². The van der Waals surface area contributed by atoms with Crippen LogP contribution in [0.5, 0.6) is 0 Å². The largest absolute Gasteiger partial charge is 0.396 e. The topological polar surface area (TPSA) is 43.8 Å². The van der Waals surface area contributed by atoms with Crippen LogP contribution < -0.4 is 0 Å². The zero-order valence-corrected chi connectivity index (χ0v) is 12.8. The lowest BCUT2D eigenvalue weighted by Crippen LogP contribution is -2.35. The fourth-order valence-electron chi connectivity index (χ4n) is 2.59. The molecule has 0 radical (unpaired) electrons. The third kappa shape index (κ3) is 4.58. The number of unbranched alkanes of at least 4 members (excludes halogenated alkanes) is 2. The van der Waals surface area contributed by atoms with Crippen LogP contribution in [0.15, 0.2) is 16.8 Å². The Balaban J connectivity index is 1.76. The number of amides is 1.